The first-order chi connectivity index (χ1) is 7.15. The van der Waals surface area contributed by atoms with Gasteiger partial charge in [0.25, 0.3) is 0 Å². The quantitative estimate of drug-likeness (QED) is 0.769. The van der Waals surface area contributed by atoms with Crippen LogP contribution < -0.4 is 10.6 Å². The zero-order chi connectivity index (χ0) is 11.3. The summed E-state index contributed by atoms with van der Waals surface area (Å²) in [6, 6.07) is 7.37. The predicted molar refractivity (Wildman–Crippen MR) is 63.8 cm³/mol. The van der Waals surface area contributed by atoms with E-state index in [-0.39, 0.29) is 5.91 Å². The number of nitrogen functional groups attached to an aromatic ring is 1. The van der Waals surface area contributed by atoms with Gasteiger partial charge in [-0.05, 0) is 24.6 Å². The zero-order valence-electron chi connectivity index (χ0n) is 9.36. The fourth-order valence-electron chi connectivity index (χ4n) is 1.37. The Kier molecular flexibility index (Phi) is 4.16. The van der Waals surface area contributed by atoms with Crippen LogP contribution in [0.15, 0.2) is 24.3 Å². The van der Waals surface area contributed by atoms with Gasteiger partial charge in [-0.1, -0.05) is 19.4 Å². The molecule has 3 nitrogen and oxygen atoms in total. The molecule has 0 radical (unpaired) electrons. The molecule has 0 atom stereocenters. The van der Waals surface area contributed by atoms with Gasteiger partial charge in [0.1, 0.15) is 0 Å². The SMILES string of the molecule is CCCCC(=O)N(C)c1cccc(N)c1. The summed E-state index contributed by atoms with van der Waals surface area (Å²) in [4.78, 5) is 13.4. The van der Waals surface area contributed by atoms with Crippen molar-refractivity contribution in [1.29, 1.82) is 0 Å². The highest BCUT2D eigenvalue weighted by molar-refractivity contribution is 5.93. The molecule has 0 saturated carbocycles. The second-order valence-corrected chi connectivity index (χ2v) is 3.65. The van der Waals surface area contributed by atoms with Gasteiger partial charge in [0, 0.05) is 24.8 Å². The number of benzene rings is 1. The molecule has 0 heterocycles. The number of rotatable bonds is 4. The van der Waals surface area contributed by atoms with Crippen molar-refractivity contribution in [2.45, 2.75) is 26.2 Å². The molecule has 0 aliphatic rings. The zero-order valence-corrected chi connectivity index (χ0v) is 9.36. The number of carbonyl (C=O) groups excluding carboxylic acids is 1. The second kappa shape index (κ2) is 5.39. The monoisotopic (exact) mass is 206 g/mol. The van der Waals surface area contributed by atoms with E-state index in [2.05, 4.69) is 6.92 Å². The molecular formula is C12H18N2O. The van der Waals surface area contributed by atoms with Crippen LogP contribution in [0.1, 0.15) is 26.2 Å². The number of hydrogen-bond donors (Lipinski definition) is 1. The first-order valence-corrected chi connectivity index (χ1v) is 5.27. The van der Waals surface area contributed by atoms with Gasteiger partial charge in [-0.2, -0.15) is 0 Å². The van der Waals surface area contributed by atoms with Crippen LogP contribution in [0.3, 0.4) is 0 Å². The van der Waals surface area contributed by atoms with Crippen molar-refractivity contribution in [3.05, 3.63) is 24.3 Å². The predicted octanol–water partition coefficient (Wildman–Crippen LogP) is 2.42. The lowest BCUT2D eigenvalue weighted by Gasteiger charge is -2.17. The summed E-state index contributed by atoms with van der Waals surface area (Å²) in [6.07, 6.45) is 2.57. The molecule has 3 heteroatoms. The summed E-state index contributed by atoms with van der Waals surface area (Å²) in [5.74, 6) is 0.141. The minimum atomic E-state index is 0.141. The van der Waals surface area contributed by atoms with Crippen LogP contribution in [0, 0.1) is 0 Å². The minimum Gasteiger partial charge on any atom is -0.399 e. The van der Waals surface area contributed by atoms with Crippen molar-refractivity contribution in [3.8, 4) is 0 Å². The molecule has 82 valence electrons. The van der Waals surface area contributed by atoms with Gasteiger partial charge in [-0.3, -0.25) is 4.79 Å². The molecule has 0 spiro atoms. The maximum absolute atomic E-state index is 11.7. The van der Waals surface area contributed by atoms with Crippen LogP contribution in [0.4, 0.5) is 11.4 Å². The molecule has 15 heavy (non-hydrogen) atoms. The number of anilines is 2. The van der Waals surface area contributed by atoms with Crippen LogP contribution in [-0.2, 0) is 4.79 Å². The standard InChI is InChI=1S/C12H18N2O/c1-3-4-8-12(15)14(2)11-7-5-6-10(13)9-11/h5-7,9H,3-4,8,13H2,1-2H3. The Bertz CT molecular complexity index is 336. The summed E-state index contributed by atoms with van der Waals surface area (Å²) in [7, 11) is 1.78. The Balaban J connectivity index is 2.67. The lowest BCUT2D eigenvalue weighted by molar-refractivity contribution is -0.118. The summed E-state index contributed by atoms with van der Waals surface area (Å²) < 4.78 is 0. The van der Waals surface area contributed by atoms with Gasteiger partial charge in [-0.25, -0.2) is 0 Å². The summed E-state index contributed by atoms with van der Waals surface area (Å²) in [5.41, 5.74) is 7.20. The summed E-state index contributed by atoms with van der Waals surface area (Å²) >= 11 is 0. The van der Waals surface area contributed by atoms with Gasteiger partial charge in [0.05, 0.1) is 0 Å². The highest BCUT2D eigenvalue weighted by atomic mass is 16.2. The lowest BCUT2D eigenvalue weighted by Crippen LogP contribution is -2.25. The van der Waals surface area contributed by atoms with E-state index in [1.54, 1.807) is 11.9 Å². The fraction of sp³-hybridized carbons (Fsp3) is 0.417. The molecule has 0 fully saturated rings. The Hall–Kier alpha value is -1.51. The number of nitrogens with two attached hydrogens (primary N) is 1. The van der Waals surface area contributed by atoms with Crippen molar-refractivity contribution < 1.29 is 4.79 Å². The van der Waals surface area contributed by atoms with E-state index in [0.29, 0.717) is 12.1 Å². The van der Waals surface area contributed by atoms with Crippen molar-refractivity contribution in [3.63, 3.8) is 0 Å². The highest BCUT2D eigenvalue weighted by Gasteiger charge is 2.09. The van der Waals surface area contributed by atoms with Crippen molar-refractivity contribution in [1.82, 2.24) is 0 Å². The van der Waals surface area contributed by atoms with E-state index in [1.165, 1.54) is 0 Å². The van der Waals surface area contributed by atoms with Gasteiger partial charge in [-0.15, -0.1) is 0 Å². The van der Waals surface area contributed by atoms with Crippen molar-refractivity contribution in [2.75, 3.05) is 17.7 Å². The maximum atomic E-state index is 11.7. The topological polar surface area (TPSA) is 46.3 Å². The Morgan fingerprint density at radius 2 is 2.20 bits per heavy atom. The van der Waals surface area contributed by atoms with E-state index in [4.69, 9.17) is 5.73 Å². The van der Waals surface area contributed by atoms with E-state index in [0.717, 1.165) is 18.5 Å². The molecule has 0 unspecified atom stereocenters. The van der Waals surface area contributed by atoms with E-state index >= 15 is 0 Å². The fourth-order valence-corrected chi connectivity index (χ4v) is 1.37. The van der Waals surface area contributed by atoms with Crippen molar-refractivity contribution in [2.24, 2.45) is 0 Å². The normalized spacial score (nSPS) is 10.0. The average Bonchev–Trinajstić information content (AvgIpc) is 2.24. The van der Waals surface area contributed by atoms with Gasteiger partial charge in [0.2, 0.25) is 5.91 Å². The molecule has 0 aliphatic heterocycles. The second-order valence-electron chi connectivity index (χ2n) is 3.65. The third-order valence-electron chi connectivity index (χ3n) is 2.38. The summed E-state index contributed by atoms with van der Waals surface area (Å²) in [5, 5.41) is 0. The van der Waals surface area contributed by atoms with Gasteiger partial charge in [0.15, 0.2) is 0 Å². The summed E-state index contributed by atoms with van der Waals surface area (Å²) in [6.45, 7) is 2.08. The first kappa shape index (κ1) is 11.6. The molecule has 1 amide bonds. The molecule has 0 aromatic heterocycles. The molecule has 1 aromatic carbocycles. The molecule has 1 rings (SSSR count). The number of nitrogens with zero attached hydrogens (tertiary/aromatic N) is 1. The van der Waals surface area contributed by atoms with Crippen LogP contribution in [0.5, 0.6) is 0 Å². The van der Waals surface area contributed by atoms with Crippen LogP contribution in [0.25, 0.3) is 0 Å². The van der Waals surface area contributed by atoms with E-state index in [1.807, 2.05) is 24.3 Å². The smallest absolute Gasteiger partial charge is 0.226 e. The lowest BCUT2D eigenvalue weighted by atomic mass is 10.2. The largest absolute Gasteiger partial charge is 0.399 e. The number of amides is 1. The molecular weight excluding hydrogens is 188 g/mol. The Labute approximate surface area is 90.9 Å². The average molecular weight is 206 g/mol. The Morgan fingerprint density at radius 3 is 2.80 bits per heavy atom. The van der Waals surface area contributed by atoms with Crippen LogP contribution in [0.2, 0.25) is 0 Å². The van der Waals surface area contributed by atoms with E-state index < -0.39 is 0 Å². The molecule has 2 N–H and O–H groups in total. The molecule has 0 aliphatic carbocycles. The van der Waals surface area contributed by atoms with Crippen molar-refractivity contribution >= 4 is 17.3 Å². The number of unbranched alkanes of at least 4 members (excludes halogenated alkanes) is 1. The van der Waals surface area contributed by atoms with Crippen LogP contribution in [-0.4, -0.2) is 13.0 Å². The van der Waals surface area contributed by atoms with Crippen LogP contribution >= 0.6 is 0 Å². The molecule has 0 saturated heterocycles. The molecule has 0 bridgehead atoms. The number of hydrogen-bond acceptors (Lipinski definition) is 2. The van der Waals surface area contributed by atoms with E-state index in [9.17, 15) is 4.79 Å². The third kappa shape index (κ3) is 3.27. The number of carbonyl (C=O) groups is 1. The first-order valence-electron chi connectivity index (χ1n) is 5.27. The highest BCUT2D eigenvalue weighted by Crippen LogP contribution is 2.17. The Morgan fingerprint density at radius 1 is 1.47 bits per heavy atom. The minimum absolute atomic E-state index is 0.141. The third-order valence-corrected chi connectivity index (χ3v) is 2.38. The van der Waals surface area contributed by atoms with Gasteiger partial charge < -0.3 is 10.6 Å². The maximum Gasteiger partial charge on any atom is 0.226 e. The molecule has 1 aromatic rings. The van der Waals surface area contributed by atoms with Gasteiger partial charge >= 0.3 is 0 Å².